The molecule has 1 N–H and O–H groups in total. The molecule has 0 bridgehead atoms. The first-order chi connectivity index (χ1) is 8.66. The second kappa shape index (κ2) is 4.12. The van der Waals surface area contributed by atoms with Gasteiger partial charge in [0.2, 0.25) is 0 Å². The minimum Gasteiger partial charge on any atom is -0.481 e. The summed E-state index contributed by atoms with van der Waals surface area (Å²) in [6.45, 7) is 1.98. The second-order valence-corrected chi connectivity index (χ2v) is 4.96. The van der Waals surface area contributed by atoms with Gasteiger partial charge in [-0.05, 0) is 31.4 Å². The van der Waals surface area contributed by atoms with Crippen LogP contribution in [0, 0.1) is 12.8 Å². The number of fused-ring (bicyclic) bond motifs is 1. The average molecular weight is 245 g/mol. The molecule has 1 fully saturated rings. The minimum atomic E-state index is -0.739. The van der Waals surface area contributed by atoms with Gasteiger partial charge in [0.1, 0.15) is 5.52 Å². The molecule has 1 aromatic carbocycles. The molecule has 0 aliphatic heterocycles. The van der Waals surface area contributed by atoms with E-state index in [-0.39, 0.29) is 11.8 Å². The number of nitrogens with zero attached hydrogens (tertiary/aromatic N) is 1. The third-order valence-corrected chi connectivity index (χ3v) is 3.79. The number of carbonyl (C=O) groups is 1. The van der Waals surface area contributed by atoms with Crippen LogP contribution in [0.2, 0.25) is 0 Å². The van der Waals surface area contributed by atoms with Gasteiger partial charge in [-0.3, -0.25) is 4.79 Å². The van der Waals surface area contributed by atoms with Crippen molar-refractivity contribution in [1.29, 1.82) is 0 Å². The standard InChI is InChI=1S/C14H15NO3/c1-8-4-2-7-11-12(8)15-13(18-11)9-5-3-6-10(9)14(16)17/h2,4,7,9-10H,3,5-6H2,1H3,(H,16,17). The van der Waals surface area contributed by atoms with Crippen molar-refractivity contribution in [3.8, 4) is 0 Å². The first-order valence-electron chi connectivity index (χ1n) is 6.25. The summed E-state index contributed by atoms with van der Waals surface area (Å²) in [5.74, 6) is -0.576. The maximum Gasteiger partial charge on any atom is 0.307 e. The van der Waals surface area contributed by atoms with Crippen LogP contribution in [0.1, 0.15) is 36.6 Å². The Balaban J connectivity index is 2.04. The quantitative estimate of drug-likeness (QED) is 0.883. The molecule has 2 aromatic rings. The van der Waals surface area contributed by atoms with Crippen LogP contribution in [0.15, 0.2) is 22.6 Å². The molecule has 2 atom stereocenters. The molecule has 0 radical (unpaired) electrons. The Labute approximate surface area is 105 Å². The summed E-state index contributed by atoms with van der Waals surface area (Å²) >= 11 is 0. The third-order valence-electron chi connectivity index (χ3n) is 3.79. The summed E-state index contributed by atoms with van der Waals surface area (Å²) in [6, 6.07) is 5.79. The van der Waals surface area contributed by atoms with E-state index in [2.05, 4.69) is 4.98 Å². The van der Waals surface area contributed by atoms with Gasteiger partial charge in [-0.2, -0.15) is 0 Å². The van der Waals surface area contributed by atoms with Crippen molar-refractivity contribution in [3.05, 3.63) is 29.7 Å². The highest BCUT2D eigenvalue weighted by Crippen LogP contribution is 2.40. The summed E-state index contributed by atoms with van der Waals surface area (Å²) in [4.78, 5) is 15.7. The predicted molar refractivity (Wildman–Crippen MR) is 66.5 cm³/mol. The van der Waals surface area contributed by atoms with Crippen molar-refractivity contribution < 1.29 is 14.3 Å². The van der Waals surface area contributed by atoms with Crippen LogP contribution in [0.3, 0.4) is 0 Å². The van der Waals surface area contributed by atoms with Gasteiger partial charge in [-0.15, -0.1) is 0 Å². The zero-order valence-corrected chi connectivity index (χ0v) is 10.2. The maximum absolute atomic E-state index is 11.2. The largest absolute Gasteiger partial charge is 0.481 e. The van der Waals surface area contributed by atoms with E-state index in [1.165, 1.54) is 0 Å². The molecule has 1 saturated carbocycles. The third kappa shape index (κ3) is 1.68. The van der Waals surface area contributed by atoms with Crippen molar-refractivity contribution in [3.63, 3.8) is 0 Å². The Kier molecular flexibility index (Phi) is 2.58. The minimum absolute atomic E-state index is 0.0747. The lowest BCUT2D eigenvalue weighted by atomic mass is 9.96. The summed E-state index contributed by atoms with van der Waals surface area (Å²) in [6.07, 6.45) is 2.50. The molecule has 0 amide bonds. The molecule has 0 spiro atoms. The lowest BCUT2D eigenvalue weighted by Gasteiger charge is -2.10. The number of aliphatic carboxylic acids is 1. The Bertz CT molecular complexity index is 602. The van der Waals surface area contributed by atoms with E-state index >= 15 is 0 Å². The van der Waals surface area contributed by atoms with E-state index in [0.717, 1.165) is 35.9 Å². The molecule has 1 aliphatic carbocycles. The number of aryl methyl sites for hydroxylation is 1. The monoisotopic (exact) mass is 245 g/mol. The van der Waals surface area contributed by atoms with Crippen LogP contribution in [0.4, 0.5) is 0 Å². The summed E-state index contributed by atoms with van der Waals surface area (Å²) < 4.78 is 5.74. The SMILES string of the molecule is Cc1cccc2oc(C3CCCC3C(=O)O)nc12. The van der Waals surface area contributed by atoms with Gasteiger partial charge in [0.25, 0.3) is 0 Å². The topological polar surface area (TPSA) is 63.3 Å². The molecule has 2 unspecified atom stereocenters. The molecular formula is C14H15NO3. The number of hydrogen-bond donors (Lipinski definition) is 1. The zero-order valence-electron chi connectivity index (χ0n) is 10.2. The lowest BCUT2D eigenvalue weighted by molar-refractivity contribution is -0.142. The van der Waals surface area contributed by atoms with Crippen LogP contribution in [0.25, 0.3) is 11.1 Å². The van der Waals surface area contributed by atoms with Crippen molar-refractivity contribution >= 4 is 17.1 Å². The van der Waals surface area contributed by atoms with Crippen LogP contribution < -0.4 is 0 Å². The molecule has 4 heteroatoms. The van der Waals surface area contributed by atoms with Crippen LogP contribution in [-0.2, 0) is 4.79 Å². The predicted octanol–water partition coefficient (Wildman–Crippen LogP) is 3.10. The fourth-order valence-corrected chi connectivity index (χ4v) is 2.81. The van der Waals surface area contributed by atoms with E-state index in [9.17, 15) is 9.90 Å². The smallest absolute Gasteiger partial charge is 0.307 e. The first kappa shape index (κ1) is 11.3. The highest BCUT2D eigenvalue weighted by atomic mass is 16.4. The van der Waals surface area contributed by atoms with E-state index in [0.29, 0.717) is 5.89 Å². The van der Waals surface area contributed by atoms with Gasteiger partial charge >= 0.3 is 5.97 Å². The lowest BCUT2D eigenvalue weighted by Crippen LogP contribution is -2.16. The number of carboxylic acids is 1. The van der Waals surface area contributed by atoms with Gasteiger partial charge in [-0.1, -0.05) is 18.6 Å². The van der Waals surface area contributed by atoms with E-state index in [1.54, 1.807) is 0 Å². The van der Waals surface area contributed by atoms with Gasteiger partial charge < -0.3 is 9.52 Å². The molecular weight excluding hydrogens is 230 g/mol. The fourth-order valence-electron chi connectivity index (χ4n) is 2.81. The Morgan fingerprint density at radius 1 is 1.44 bits per heavy atom. The summed E-state index contributed by atoms with van der Waals surface area (Å²) in [5, 5.41) is 9.20. The van der Waals surface area contributed by atoms with Gasteiger partial charge in [0.15, 0.2) is 11.5 Å². The van der Waals surface area contributed by atoms with Crippen LogP contribution >= 0.6 is 0 Å². The molecule has 4 nitrogen and oxygen atoms in total. The number of rotatable bonds is 2. The molecule has 1 aliphatic rings. The highest BCUT2D eigenvalue weighted by Gasteiger charge is 2.37. The Morgan fingerprint density at radius 3 is 3.00 bits per heavy atom. The fraction of sp³-hybridized carbons (Fsp3) is 0.429. The molecule has 0 saturated heterocycles. The number of benzene rings is 1. The van der Waals surface area contributed by atoms with Crippen molar-refractivity contribution in [1.82, 2.24) is 4.98 Å². The van der Waals surface area contributed by atoms with Gasteiger partial charge in [-0.25, -0.2) is 4.98 Å². The van der Waals surface area contributed by atoms with Crippen LogP contribution in [-0.4, -0.2) is 16.1 Å². The summed E-state index contributed by atoms with van der Waals surface area (Å²) in [7, 11) is 0. The molecule has 94 valence electrons. The number of aromatic nitrogens is 1. The molecule has 18 heavy (non-hydrogen) atoms. The zero-order chi connectivity index (χ0) is 12.7. The van der Waals surface area contributed by atoms with E-state index in [4.69, 9.17) is 4.42 Å². The Hall–Kier alpha value is -1.84. The number of carboxylic acid groups (broad SMARTS) is 1. The molecule has 1 heterocycles. The molecule has 1 aromatic heterocycles. The number of para-hydroxylation sites is 1. The van der Waals surface area contributed by atoms with Gasteiger partial charge in [0.05, 0.1) is 5.92 Å². The van der Waals surface area contributed by atoms with E-state index in [1.807, 2.05) is 25.1 Å². The maximum atomic E-state index is 11.2. The second-order valence-electron chi connectivity index (χ2n) is 4.96. The Morgan fingerprint density at radius 2 is 2.28 bits per heavy atom. The van der Waals surface area contributed by atoms with Gasteiger partial charge in [0, 0.05) is 5.92 Å². The highest BCUT2D eigenvalue weighted by molar-refractivity contribution is 5.77. The van der Waals surface area contributed by atoms with E-state index < -0.39 is 5.97 Å². The van der Waals surface area contributed by atoms with Crippen LogP contribution in [0.5, 0.6) is 0 Å². The molecule has 3 rings (SSSR count). The van der Waals surface area contributed by atoms with Crippen molar-refractivity contribution in [2.45, 2.75) is 32.1 Å². The first-order valence-corrected chi connectivity index (χ1v) is 6.25. The average Bonchev–Trinajstić information content (AvgIpc) is 2.95. The van der Waals surface area contributed by atoms with Crippen molar-refractivity contribution in [2.75, 3.05) is 0 Å². The normalized spacial score (nSPS) is 23.6. The summed E-state index contributed by atoms with van der Waals surface area (Å²) in [5.41, 5.74) is 2.66. The number of hydrogen-bond acceptors (Lipinski definition) is 3. The number of oxazole rings is 1. The van der Waals surface area contributed by atoms with Crippen molar-refractivity contribution in [2.24, 2.45) is 5.92 Å².